The van der Waals surface area contributed by atoms with Crippen LogP contribution in [0.1, 0.15) is 13.3 Å². The Labute approximate surface area is 101 Å². The summed E-state index contributed by atoms with van der Waals surface area (Å²) >= 11 is 0. The molecule has 8 nitrogen and oxygen atoms in total. The van der Waals surface area contributed by atoms with Gasteiger partial charge in [0, 0.05) is 17.2 Å². The second-order valence-electron chi connectivity index (χ2n) is 2.95. The molecule has 0 aromatic heterocycles. The molecule has 0 amide bonds. The monoisotopic (exact) mass is 260 g/mol. The van der Waals surface area contributed by atoms with Crippen LogP contribution >= 0.6 is 0 Å². The highest BCUT2D eigenvalue weighted by Gasteiger charge is 2.07. The van der Waals surface area contributed by atoms with Gasteiger partial charge in [-0.25, -0.2) is 14.4 Å². The van der Waals surface area contributed by atoms with Gasteiger partial charge in [0.05, 0.1) is 6.42 Å². The number of rotatable bonds is 5. The van der Waals surface area contributed by atoms with Crippen molar-refractivity contribution >= 4 is 23.9 Å². The predicted octanol–water partition coefficient (Wildman–Crippen LogP) is 0.204. The fourth-order valence-electron chi connectivity index (χ4n) is 0.505. The van der Waals surface area contributed by atoms with Gasteiger partial charge in [-0.3, -0.25) is 4.79 Å². The zero-order valence-corrected chi connectivity index (χ0v) is 9.41. The fourth-order valence-corrected chi connectivity index (χ4v) is 0.505. The first-order valence-corrected chi connectivity index (χ1v) is 4.35. The zero-order valence-electron chi connectivity index (χ0n) is 9.41. The van der Waals surface area contributed by atoms with Crippen LogP contribution < -0.4 is 0 Å². The largest absolute Gasteiger partial charge is 0.481 e. The first kappa shape index (κ1) is 17.7. The lowest BCUT2D eigenvalue weighted by Gasteiger charge is -1.91. The van der Waals surface area contributed by atoms with Crippen LogP contribution in [0.15, 0.2) is 23.8 Å². The molecule has 0 fully saturated rings. The summed E-state index contributed by atoms with van der Waals surface area (Å²) in [5.41, 5.74) is -0.481. The first-order valence-electron chi connectivity index (χ1n) is 4.35. The molecule has 0 heterocycles. The summed E-state index contributed by atoms with van der Waals surface area (Å²) in [6, 6.07) is 0. The molecule has 0 aliphatic rings. The van der Waals surface area contributed by atoms with Gasteiger partial charge in [-0.2, -0.15) is 0 Å². The lowest BCUT2D eigenvalue weighted by Crippen LogP contribution is -2.04. The zero-order chi connectivity index (χ0) is 14.9. The van der Waals surface area contributed by atoms with Gasteiger partial charge >= 0.3 is 23.9 Å². The number of hydrogen-bond acceptors (Lipinski definition) is 4. The van der Waals surface area contributed by atoms with E-state index in [0.29, 0.717) is 6.08 Å². The van der Waals surface area contributed by atoms with Gasteiger partial charge < -0.3 is 20.4 Å². The number of carboxylic acids is 4. The highest BCUT2D eigenvalue weighted by atomic mass is 16.4. The molecule has 0 aliphatic heterocycles. The second-order valence-corrected chi connectivity index (χ2v) is 2.95. The van der Waals surface area contributed by atoms with Crippen molar-refractivity contribution in [2.75, 3.05) is 0 Å². The fraction of sp³-hybridized carbons (Fsp3) is 0.200. The quantitative estimate of drug-likeness (QED) is 0.512. The third kappa shape index (κ3) is 11.4. The molecule has 8 heteroatoms. The molecule has 18 heavy (non-hydrogen) atoms. The molecule has 0 rings (SSSR count). The van der Waals surface area contributed by atoms with E-state index in [4.69, 9.17) is 20.4 Å². The molecule has 0 aliphatic carbocycles. The Bertz CT molecular complexity index is 404. The maximum Gasteiger partial charge on any atom is 0.331 e. The van der Waals surface area contributed by atoms with E-state index in [1.54, 1.807) is 0 Å². The van der Waals surface area contributed by atoms with Gasteiger partial charge in [0.1, 0.15) is 0 Å². The van der Waals surface area contributed by atoms with Crippen molar-refractivity contribution in [1.82, 2.24) is 0 Å². The van der Waals surface area contributed by atoms with Crippen LogP contribution in [-0.4, -0.2) is 44.3 Å². The van der Waals surface area contributed by atoms with Gasteiger partial charge in [-0.05, 0) is 6.92 Å². The maximum absolute atomic E-state index is 9.90. The lowest BCUT2D eigenvalue weighted by molar-refractivity contribution is -0.139. The summed E-state index contributed by atoms with van der Waals surface area (Å²) in [5.74, 6) is -4.90. The van der Waals surface area contributed by atoms with Crippen molar-refractivity contribution in [2.24, 2.45) is 0 Å². The van der Waals surface area contributed by atoms with Crippen LogP contribution in [0.5, 0.6) is 0 Å². The molecule has 0 saturated carbocycles. The van der Waals surface area contributed by atoms with E-state index in [9.17, 15) is 19.2 Å². The third-order valence-corrected chi connectivity index (χ3v) is 1.34. The molecule has 0 radical (unpaired) electrons. The molecule has 4 N–H and O–H groups in total. The van der Waals surface area contributed by atoms with Gasteiger partial charge in [0.2, 0.25) is 0 Å². The molecule has 0 spiro atoms. The average Bonchev–Trinajstić information content (AvgIpc) is 2.16. The minimum absolute atomic E-state index is 0.178. The highest BCUT2D eigenvalue weighted by molar-refractivity contribution is 5.94. The summed E-state index contributed by atoms with van der Waals surface area (Å²) < 4.78 is 0. The van der Waals surface area contributed by atoms with Crippen LogP contribution in [0, 0.1) is 0 Å². The summed E-state index contributed by atoms with van der Waals surface area (Å²) in [6.07, 6.45) is 0.137. The van der Waals surface area contributed by atoms with Crippen LogP contribution in [0.2, 0.25) is 0 Å². The van der Waals surface area contributed by atoms with E-state index >= 15 is 0 Å². The summed E-state index contributed by atoms with van der Waals surface area (Å²) in [5, 5.41) is 32.2. The van der Waals surface area contributed by atoms with Crippen molar-refractivity contribution in [1.29, 1.82) is 0 Å². The summed E-state index contributed by atoms with van der Waals surface area (Å²) in [7, 11) is 0. The normalized spacial score (nSPS) is 9.72. The maximum atomic E-state index is 9.90. The smallest absolute Gasteiger partial charge is 0.331 e. The van der Waals surface area contributed by atoms with Gasteiger partial charge in [0.25, 0.3) is 0 Å². The molecular formula is C10H12O8. The molecular weight excluding hydrogens is 248 g/mol. The van der Waals surface area contributed by atoms with Crippen molar-refractivity contribution in [3.05, 3.63) is 23.8 Å². The Morgan fingerprint density at radius 3 is 1.56 bits per heavy atom. The van der Waals surface area contributed by atoms with Crippen molar-refractivity contribution in [3.8, 4) is 0 Å². The van der Waals surface area contributed by atoms with Crippen molar-refractivity contribution in [3.63, 3.8) is 0 Å². The number of aliphatic carboxylic acids is 4. The van der Waals surface area contributed by atoms with E-state index < -0.39 is 30.3 Å². The molecule has 0 atom stereocenters. The van der Waals surface area contributed by atoms with Crippen molar-refractivity contribution < 1.29 is 39.6 Å². The Kier molecular flexibility index (Phi) is 8.38. The Hall–Kier alpha value is -2.64. The topological polar surface area (TPSA) is 149 Å². The third-order valence-electron chi connectivity index (χ3n) is 1.34. The summed E-state index contributed by atoms with van der Waals surface area (Å²) in [6.45, 7) is 4.23. The van der Waals surface area contributed by atoms with Crippen LogP contribution in [0.4, 0.5) is 0 Å². The van der Waals surface area contributed by atoms with Crippen molar-refractivity contribution in [2.45, 2.75) is 13.3 Å². The lowest BCUT2D eigenvalue weighted by atomic mass is 10.2. The standard InChI is InChI=1S/2C5H6O4/c2*1-3(5(8)9)2-4(6)7/h2H,1H3,(H,6,7)(H,8,9);1-2H2,(H,6,7)(H,8,9). The van der Waals surface area contributed by atoms with E-state index in [-0.39, 0.29) is 11.1 Å². The SMILES string of the molecule is C=C(CC(=O)O)C(=O)O.CC(=CC(=O)O)C(=O)O. The minimum atomic E-state index is -1.27. The van der Waals surface area contributed by atoms with E-state index in [1.807, 2.05) is 0 Å². The minimum Gasteiger partial charge on any atom is -0.481 e. The molecule has 100 valence electrons. The van der Waals surface area contributed by atoms with E-state index in [2.05, 4.69) is 6.58 Å². The summed E-state index contributed by atoms with van der Waals surface area (Å²) in [4.78, 5) is 39.3. The highest BCUT2D eigenvalue weighted by Crippen LogP contribution is 1.95. The predicted molar refractivity (Wildman–Crippen MR) is 58.1 cm³/mol. The van der Waals surface area contributed by atoms with Crippen LogP contribution in [0.25, 0.3) is 0 Å². The number of carbonyl (C=O) groups is 4. The van der Waals surface area contributed by atoms with Gasteiger partial charge in [-0.1, -0.05) is 6.58 Å². The molecule has 0 aromatic rings. The van der Waals surface area contributed by atoms with Crippen LogP contribution in [0.3, 0.4) is 0 Å². The second kappa shape index (κ2) is 8.50. The van der Waals surface area contributed by atoms with Gasteiger partial charge in [-0.15, -0.1) is 0 Å². The molecule has 0 bridgehead atoms. The molecule has 0 aromatic carbocycles. The van der Waals surface area contributed by atoms with E-state index in [1.165, 1.54) is 6.92 Å². The van der Waals surface area contributed by atoms with Crippen LogP contribution in [-0.2, 0) is 19.2 Å². The van der Waals surface area contributed by atoms with Gasteiger partial charge in [0.15, 0.2) is 0 Å². The molecule has 0 unspecified atom stereocenters. The molecule has 0 saturated heterocycles. The Balaban J connectivity index is 0. The average molecular weight is 260 g/mol. The van der Waals surface area contributed by atoms with E-state index in [0.717, 1.165) is 0 Å². The number of carboxylic acid groups (broad SMARTS) is 4. The number of hydrogen-bond donors (Lipinski definition) is 4. The Morgan fingerprint density at radius 1 is 1.00 bits per heavy atom. The Morgan fingerprint density at radius 2 is 1.44 bits per heavy atom. The first-order chi connectivity index (χ1) is 8.07.